The van der Waals surface area contributed by atoms with E-state index in [-0.39, 0.29) is 36.5 Å². The Morgan fingerprint density at radius 2 is 1.82 bits per heavy atom. The van der Waals surface area contributed by atoms with Gasteiger partial charge in [-0.05, 0) is 24.6 Å². The second kappa shape index (κ2) is 13.0. The number of methoxy groups -OCH3 is 1. The molecule has 0 saturated carbocycles. The Hall–Kier alpha value is -3.20. The summed E-state index contributed by atoms with van der Waals surface area (Å²) in [5.41, 5.74) is 0.927. The maximum Gasteiger partial charge on any atom is 0.337 e. The number of ether oxygens (including phenoxy) is 5. The molecule has 2 heterocycles. The van der Waals surface area contributed by atoms with Gasteiger partial charge < -0.3 is 54.3 Å². The lowest BCUT2D eigenvalue weighted by molar-refractivity contribution is -0.327. The number of aromatic hydroxyl groups is 2. The number of benzene rings is 1. The number of aliphatic hydroxyl groups is 4. The van der Waals surface area contributed by atoms with E-state index in [0.717, 1.165) is 13.4 Å². The number of hydrogen-bond acceptors (Lipinski definition) is 13. The minimum Gasteiger partial charge on any atom is -0.504 e. The first-order valence-corrected chi connectivity index (χ1v) is 11.8. The molecule has 13 heteroatoms. The van der Waals surface area contributed by atoms with Gasteiger partial charge in [-0.3, -0.25) is 4.79 Å². The molecule has 210 valence electrons. The SMILES string of the molecule is C/C=C1/C(O[C@@H]2OC(CO)C(O)C(O)C2O)OC=C(C(=O)OC)C1CC(=O)OCCc1ccc(O)c(O)c1. The van der Waals surface area contributed by atoms with E-state index in [0.29, 0.717) is 11.1 Å². The van der Waals surface area contributed by atoms with Crippen LogP contribution < -0.4 is 0 Å². The van der Waals surface area contributed by atoms with Crippen molar-refractivity contribution in [1.29, 1.82) is 0 Å². The van der Waals surface area contributed by atoms with Crippen LogP contribution in [0.5, 0.6) is 11.5 Å². The highest BCUT2D eigenvalue weighted by molar-refractivity contribution is 5.90. The first kappa shape index (κ1) is 29.4. The van der Waals surface area contributed by atoms with E-state index >= 15 is 0 Å². The number of carbonyl (C=O) groups is 2. The van der Waals surface area contributed by atoms with Crippen molar-refractivity contribution in [3.63, 3.8) is 0 Å². The van der Waals surface area contributed by atoms with Gasteiger partial charge in [0.2, 0.25) is 6.29 Å². The highest BCUT2D eigenvalue weighted by atomic mass is 16.8. The molecule has 13 nitrogen and oxygen atoms in total. The van der Waals surface area contributed by atoms with Crippen molar-refractivity contribution in [3.05, 3.63) is 47.2 Å². The lowest BCUT2D eigenvalue weighted by Crippen LogP contribution is -2.60. The predicted octanol–water partition coefficient (Wildman–Crippen LogP) is -0.634. The second-order valence-electron chi connectivity index (χ2n) is 8.71. The summed E-state index contributed by atoms with van der Waals surface area (Å²) >= 11 is 0. The summed E-state index contributed by atoms with van der Waals surface area (Å²) in [5, 5.41) is 58.8. The number of rotatable bonds is 9. The van der Waals surface area contributed by atoms with Crippen LogP contribution in [0.3, 0.4) is 0 Å². The Labute approximate surface area is 218 Å². The Kier molecular flexibility index (Phi) is 10.1. The first-order chi connectivity index (χ1) is 18.1. The molecule has 1 saturated heterocycles. The molecule has 6 unspecified atom stereocenters. The number of allylic oxidation sites excluding steroid dienone is 1. The zero-order valence-electron chi connectivity index (χ0n) is 20.8. The number of aliphatic hydroxyl groups excluding tert-OH is 4. The van der Waals surface area contributed by atoms with E-state index in [9.17, 15) is 40.2 Å². The van der Waals surface area contributed by atoms with Gasteiger partial charge in [0, 0.05) is 17.9 Å². The summed E-state index contributed by atoms with van der Waals surface area (Å²) < 4.78 is 26.7. The van der Waals surface area contributed by atoms with Crippen LogP contribution in [0.2, 0.25) is 0 Å². The lowest BCUT2D eigenvalue weighted by Gasteiger charge is -2.41. The molecule has 38 heavy (non-hydrogen) atoms. The van der Waals surface area contributed by atoms with Crippen molar-refractivity contribution in [2.45, 2.75) is 56.8 Å². The molecule has 1 aromatic carbocycles. The molecule has 2 aliphatic heterocycles. The summed E-state index contributed by atoms with van der Waals surface area (Å²) in [4.78, 5) is 25.1. The minimum absolute atomic E-state index is 0.00894. The quantitative estimate of drug-likeness (QED) is 0.131. The smallest absolute Gasteiger partial charge is 0.337 e. The van der Waals surface area contributed by atoms with E-state index in [1.165, 1.54) is 12.1 Å². The Bertz CT molecular complexity index is 1050. The number of phenolic OH excluding ortho intramolecular Hbond substituents is 2. The summed E-state index contributed by atoms with van der Waals surface area (Å²) in [6, 6.07) is 4.23. The van der Waals surface area contributed by atoms with Crippen LogP contribution in [0.1, 0.15) is 18.9 Å². The second-order valence-corrected chi connectivity index (χ2v) is 8.71. The van der Waals surface area contributed by atoms with Gasteiger partial charge in [-0.1, -0.05) is 12.1 Å². The molecular formula is C25H32O13. The van der Waals surface area contributed by atoms with Crippen molar-refractivity contribution in [2.24, 2.45) is 5.92 Å². The van der Waals surface area contributed by atoms with Crippen molar-refractivity contribution in [3.8, 4) is 11.5 Å². The molecule has 0 bridgehead atoms. The van der Waals surface area contributed by atoms with Crippen LogP contribution in [0, 0.1) is 5.92 Å². The van der Waals surface area contributed by atoms with Gasteiger partial charge in [0.05, 0.1) is 38.6 Å². The molecule has 0 aliphatic carbocycles. The van der Waals surface area contributed by atoms with Crippen molar-refractivity contribution >= 4 is 11.9 Å². The highest BCUT2D eigenvalue weighted by Gasteiger charge is 2.46. The molecule has 1 fully saturated rings. The number of carbonyl (C=O) groups excluding carboxylic acids is 2. The van der Waals surface area contributed by atoms with Crippen LogP contribution in [0.15, 0.2) is 41.7 Å². The number of phenols is 2. The van der Waals surface area contributed by atoms with Crippen molar-refractivity contribution < 1.29 is 63.9 Å². The fourth-order valence-electron chi connectivity index (χ4n) is 4.16. The van der Waals surface area contributed by atoms with Crippen LogP contribution in [-0.2, 0) is 39.7 Å². The van der Waals surface area contributed by atoms with Crippen molar-refractivity contribution in [2.75, 3.05) is 20.3 Å². The van der Waals surface area contributed by atoms with Crippen LogP contribution >= 0.6 is 0 Å². The van der Waals surface area contributed by atoms with Gasteiger partial charge in [0.25, 0.3) is 0 Å². The van der Waals surface area contributed by atoms with Gasteiger partial charge in [-0.15, -0.1) is 0 Å². The van der Waals surface area contributed by atoms with Gasteiger partial charge in [0.15, 0.2) is 17.8 Å². The van der Waals surface area contributed by atoms with Gasteiger partial charge in [-0.25, -0.2) is 4.79 Å². The molecule has 2 aliphatic rings. The topological polar surface area (TPSA) is 202 Å². The monoisotopic (exact) mass is 540 g/mol. The summed E-state index contributed by atoms with van der Waals surface area (Å²) in [7, 11) is 1.16. The van der Waals surface area contributed by atoms with E-state index in [2.05, 4.69) is 0 Å². The number of hydrogen-bond donors (Lipinski definition) is 6. The molecule has 0 aromatic heterocycles. The van der Waals surface area contributed by atoms with E-state index in [1.54, 1.807) is 19.1 Å². The summed E-state index contributed by atoms with van der Waals surface area (Å²) in [6.45, 7) is 0.912. The number of esters is 2. The average molecular weight is 541 g/mol. The van der Waals surface area contributed by atoms with E-state index < -0.39 is 61.5 Å². The standard InChI is InChI=1S/C25H32O13/c1-3-13-14(9-19(29)35-7-6-12-4-5-16(27)17(28)8-12)15(23(33)34-2)11-36-24(13)38-25-22(32)21(31)20(30)18(10-26)37-25/h3-5,8,11,14,18,20-22,24-28,30-32H,6-7,9-10H2,1-2H3/b13-3+/t14?,18?,20?,21?,22?,24?,25-/m0/s1. The van der Waals surface area contributed by atoms with Gasteiger partial charge in [0.1, 0.15) is 24.4 Å². The maximum atomic E-state index is 12.7. The van der Waals surface area contributed by atoms with Crippen LogP contribution in [0.4, 0.5) is 0 Å². The molecule has 7 atom stereocenters. The van der Waals surface area contributed by atoms with Gasteiger partial charge >= 0.3 is 11.9 Å². The van der Waals surface area contributed by atoms with E-state index in [1.807, 2.05) is 0 Å². The Morgan fingerprint density at radius 1 is 1.08 bits per heavy atom. The van der Waals surface area contributed by atoms with Crippen LogP contribution in [0.25, 0.3) is 0 Å². The van der Waals surface area contributed by atoms with Crippen LogP contribution in [-0.4, -0.2) is 99.9 Å². The van der Waals surface area contributed by atoms with Crippen molar-refractivity contribution in [1.82, 2.24) is 0 Å². The third-order valence-corrected chi connectivity index (χ3v) is 6.29. The summed E-state index contributed by atoms with van der Waals surface area (Å²) in [6.07, 6.45) is -6.39. The molecule has 0 amide bonds. The first-order valence-electron chi connectivity index (χ1n) is 11.8. The fourth-order valence-corrected chi connectivity index (χ4v) is 4.16. The minimum atomic E-state index is -1.69. The highest BCUT2D eigenvalue weighted by Crippen LogP contribution is 2.36. The zero-order chi connectivity index (χ0) is 28.0. The molecule has 0 radical (unpaired) electrons. The predicted molar refractivity (Wildman–Crippen MR) is 126 cm³/mol. The molecular weight excluding hydrogens is 508 g/mol. The molecule has 6 N–H and O–H groups in total. The van der Waals surface area contributed by atoms with E-state index in [4.69, 9.17) is 23.7 Å². The molecule has 0 spiro atoms. The Balaban J connectivity index is 1.71. The largest absolute Gasteiger partial charge is 0.504 e. The lowest BCUT2D eigenvalue weighted by atomic mass is 9.86. The third kappa shape index (κ3) is 6.62. The fraction of sp³-hybridized carbons (Fsp3) is 0.520. The Morgan fingerprint density at radius 3 is 2.45 bits per heavy atom. The molecule has 3 rings (SSSR count). The molecule has 1 aromatic rings. The maximum absolute atomic E-state index is 12.7. The zero-order valence-corrected chi connectivity index (χ0v) is 20.8. The average Bonchev–Trinajstić information content (AvgIpc) is 2.90. The summed E-state index contributed by atoms with van der Waals surface area (Å²) in [5.74, 6) is -2.89. The van der Waals surface area contributed by atoms with Gasteiger partial charge in [-0.2, -0.15) is 0 Å². The third-order valence-electron chi connectivity index (χ3n) is 6.29. The normalized spacial score (nSPS) is 30.3.